The van der Waals surface area contributed by atoms with Crippen molar-refractivity contribution in [1.82, 2.24) is 4.90 Å². The average molecular weight is 383 g/mol. The predicted octanol–water partition coefficient (Wildman–Crippen LogP) is 4.17. The van der Waals surface area contributed by atoms with Gasteiger partial charge in [-0.15, -0.1) is 11.3 Å². The summed E-state index contributed by atoms with van der Waals surface area (Å²) in [5.41, 5.74) is 6.51. The predicted molar refractivity (Wildman–Crippen MR) is 101 cm³/mol. The van der Waals surface area contributed by atoms with E-state index >= 15 is 0 Å². The van der Waals surface area contributed by atoms with Crippen LogP contribution in [0.15, 0.2) is 23.6 Å². The zero-order valence-corrected chi connectivity index (χ0v) is 15.5. The molecule has 1 aromatic heterocycles. The summed E-state index contributed by atoms with van der Waals surface area (Å²) >= 11 is 1.40. The van der Waals surface area contributed by atoms with Gasteiger partial charge in [0.15, 0.2) is 0 Å². The Morgan fingerprint density at radius 1 is 1.12 bits per heavy atom. The Labute approximate surface area is 155 Å². The van der Waals surface area contributed by atoms with Crippen LogP contribution < -0.4 is 10.6 Å². The highest BCUT2D eigenvalue weighted by Crippen LogP contribution is 2.38. The molecule has 2 unspecified atom stereocenters. The van der Waals surface area contributed by atoms with Gasteiger partial charge in [0.05, 0.1) is 11.3 Å². The molecule has 2 aliphatic rings. The van der Waals surface area contributed by atoms with Gasteiger partial charge in [-0.2, -0.15) is 13.2 Å². The Morgan fingerprint density at radius 2 is 1.88 bits per heavy atom. The maximum absolute atomic E-state index is 12.9. The summed E-state index contributed by atoms with van der Waals surface area (Å²) in [5.74, 6) is 0.722. The lowest BCUT2D eigenvalue weighted by Crippen LogP contribution is -2.47. The van der Waals surface area contributed by atoms with Gasteiger partial charge >= 0.3 is 6.18 Å². The van der Waals surface area contributed by atoms with Crippen LogP contribution in [-0.4, -0.2) is 43.7 Å². The van der Waals surface area contributed by atoms with Gasteiger partial charge in [-0.25, -0.2) is 0 Å². The minimum Gasteiger partial charge on any atom is -0.368 e. The molecule has 1 saturated heterocycles. The molecule has 7 heteroatoms. The minimum atomic E-state index is -4.28. The monoisotopic (exact) mass is 383 g/mol. The Bertz CT molecular complexity index is 765. The molecule has 0 bridgehead atoms. The van der Waals surface area contributed by atoms with Crippen LogP contribution in [0.2, 0.25) is 0 Å². The Hall–Kier alpha value is -1.31. The molecule has 142 valence electrons. The van der Waals surface area contributed by atoms with E-state index in [4.69, 9.17) is 5.73 Å². The summed E-state index contributed by atoms with van der Waals surface area (Å²) in [5, 5.41) is 2.93. The number of nitrogens with zero attached hydrogens (tertiary/aromatic N) is 2. The van der Waals surface area contributed by atoms with Gasteiger partial charge in [-0.05, 0) is 37.3 Å². The van der Waals surface area contributed by atoms with Crippen LogP contribution in [0, 0.1) is 5.92 Å². The fraction of sp³-hybridized carbons (Fsp3) is 0.579. The van der Waals surface area contributed by atoms with Gasteiger partial charge in [0.25, 0.3) is 0 Å². The first-order chi connectivity index (χ1) is 12.4. The molecule has 2 heterocycles. The molecule has 0 radical (unpaired) electrons. The molecule has 2 N–H and O–H groups in total. The van der Waals surface area contributed by atoms with Gasteiger partial charge in [0.2, 0.25) is 0 Å². The first kappa shape index (κ1) is 18.1. The van der Waals surface area contributed by atoms with Crippen molar-refractivity contribution >= 4 is 27.1 Å². The summed E-state index contributed by atoms with van der Waals surface area (Å²) < 4.78 is 39.4. The van der Waals surface area contributed by atoms with Crippen molar-refractivity contribution in [2.75, 3.05) is 37.6 Å². The van der Waals surface area contributed by atoms with Crippen LogP contribution in [0.1, 0.15) is 24.8 Å². The molecule has 2 aromatic rings. The van der Waals surface area contributed by atoms with E-state index < -0.39 is 11.7 Å². The van der Waals surface area contributed by atoms with Crippen LogP contribution in [0.4, 0.5) is 18.9 Å². The maximum atomic E-state index is 12.9. The van der Waals surface area contributed by atoms with Crippen LogP contribution in [-0.2, 0) is 6.18 Å². The third-order valence-corrected chi connectivity index (χ3v) is 6.63. The van der Waals surface area contributed by atoms with Gasteiger partial charge < -0.3 is 10.6 Å². The standard InChI is InChI=1S/C19H24F3N3S/c20-19(21,22)14-2-4-16-17(12-26-18(16)10-14)25-7-5-24(6-8-25)11-13-1-3-15(23)9-13/h2,4,10,12-13,15H,1,3,5-9,11,23H2. The second kappa shape index (κ2) is 7.02. The first-order valence-corrected chi connectivity index (χ1v) is 10.1. The summed E-state index contributed by atoms with van der Waals surface area (Å²) in [4.78, 5) is 4.82. The van der Waals surface area contributed by atoms with E-state index in [-0.39, 0.29) is 0 Å². The van der Waals surface area contributed by atoms with Crippen molar-refractivity contribution in [3.63, 3.8) is 0 Å². The van der Waals surface area contributed by atoms with E-state index in [1.165, 1.54) is 29.9 Å². The second-order valence-electron chi connectivity index (χ2n) is 7.56. The fourth-order valence-corrected chi connectivity index (χ4v) is 5.26. The smallest absolute Gasteiger partial charge is 0.368 e. The molecule has 1 aliphatic carbocycles. The van der Waals surface area contributed by atoms with Crippen molar-refractivity contribution in [3.05, 3.63) is 29.1 Å². The van der Waals surface area contributed by atoms with Crippen LogP contribution >= 0.6 is 11.3 Å². The van der Waals surface area contributed by atoms with Crippen LogP contribution in [0.5, 0.6) is 0 Å². The SMILES string of the molecule is NC1CCC(CN2CCN(c3csc4cc(C(F)(F)F)ccc34)CC2)C1. The number of fused-ring (bicyclic) bond motifs is 1. The number of anilines is 1. The lowest BCUT2D eigenvalue weighted by atomic mass is 10.1. The van der Waals surface area contributed by atoms with Crippen LogP contribution in [0.3, 0.4) is 0 Å². The molecule has 1 aliphatic heterocycles. The van der Waals surface area contributed by atoms with Crippen molar-refractivity contribution in [2.45, 2.75) is 31.5 Å². The molecule has 0 spiro atoms. The first-order valence-electron chi connectivity index (χ1n) is 9.21. The number of halogens is 3. The Kier molecular flexibility index (Phi) is 4.88. The van der Waals surface area contributed by atoms with Crippen molar-refractivity contribution in [1.29, 1.82) is 0 Å². The lowest BCUT2D eigenvalue weighted by Gasteiger charge is -2.37. The third-order valence-electron chi connectivity index (χ3n) is 5.69. The van der Waals surface area contributed by atoms with Gasteiger partial charge in [0.1, 0.15) is 0 Å². The topological polar surface area (TPSA) is 32.5 Å². The van der Waals surface area contributed by atoms with E-state index in [0.29, 0.717) is 10.7 Å². The summed E-state index contributed by atoms with van der Waals surface area (Å²) in [6.07, 6.45) is -0.771. The maximum Gasteiger partial charge on any atom is 0.416 e. The lowest BCUT2D eigenvalue weighted by molar-refractivity contribution is -0.137. The molecular weight excluding hydrogens is 359 g/mol. The molecule has 3 nitrogen and oxygen atoms in total. The fourth-order valence-electron chi connectivity index (χ4n) is 4.25. The number of hydrogen-bond acceptors (Lipinski definition) is 4. The molecule has 2 fully saturated rings. The zero-order chi connectivity index (χ0) is 18.3. The molecule has 26 heavy (non-hydrogen) atoms. The van der Waals surface area contributed by atoms with Crippen molar-refractivity contribution in [2.24, 2.45) is 11.7 Å². The van der Waals surface area contributed by atoms with Gasteiger partial charge in [-0.3, -0.25) is 4.90 Å². The summed E-state index contributed by atoms with van der Waals surface area (Å²) in [6.45, 7) is 4.98. The molecular formula is C19H24F3N3S. The number of benzene rings is 1. The van der Waals surface area contributed by atoms with E-state index in [1.54, 1.807) is 6.07 Å². The number of alkyl halides is 3. The highest BCUT2D eigenvalue weighted by Gasteiger charge is 2.31. The van der Waals surface area contributed by atoms with Gasteiger partial charge in [-0.1, -0.05) is 6.07 Å². The molecule has 2 atom stereocenters. The molecule has 1 aromatic carbocycles. The number of nitrogens with two attached hydrogens (primary N) is 1. The molecule has 0 amide bonds. The number of hydrogen-bond donors (Lipinski definition) is 1. The van der Waals surface area contributed by atoms with Crippen molar-refractivity contribution in [3.8, 4) is 0 Å². The number of thiophene rings is 1. The number of rotatable bonds is 3. The highest BCUT2D eigenvalue weighted by atomic mass is 32.1. The number of piperazine rings is 1. The highest BCUT2D eigenvalue weighted by molar-refractivity contribution is 7.17. The normalized spacial score (nSPS) is 25.3. The van der Waals surface area contributed by atoms with Crippen LogP contribution in [0.25, 0.3) is 10.1 Å². The molecule has 4 rings (SSSR count). The Morgan fingerprint density at radius 3 is 2.54 bits per heavy atom. The summed E-state index contributed by atoms with van der Waals surface area (Å²) in [7, 11) is 0. The van der Waals surface area contributed by atoms with E-state index in [2.05, 4.69) is 9.80 Å². The van der Waals surface area contributed by atoms with Gasteiger partial charge in [0, 0.05) is 54.2 Å². The van der Waals surface area contributed by atoms with E-state index in [0.717, 1.165) is 62.6 Å². The summed E-state index contributed by atoms with van der Waals surface area (Å²) in [6, 6.07) is 4.46. The largest absolute Gasteiger partial charge is 0.416 e. The Balaban J connectivity index is 1.41. The van der Waals surface area contributed by atoms with Crippen molar-refractivity contribution < 1.29 is 13.2 Å². The quantitative estimate of drug-likeness (QED) is 0.863. The van der Waals surface area contributed by atoms with E-state index in [9.17, 15) is 13.2 Å². The second-order valence-corrected chi connectivity index (χ2v) is 8.47. The minimum absolute atomic E-state index is 0.375. The third kappa shape index (κ3) is 3.70. The van der Waals surface area contributed by atoms with E-state index in [1.807, 2.05) is 5.38 Å². The average Bonchev–Trinajstić information content (AvgIpc) is 3.20. The molecule has 1 saturated carbocycles. The zero-order valence-electron chi connectivity index (χ0n) is 14.6.